The first-order valence-electron chi connectivity index (χ1n) is 10.6. The molecule has 5 nitrogen and oxygen atoms in total. The quantitative estimate of drug-likeness (QED) is 0.298. The minimum atomic E-state index is 0. The summed E-state index contributed by atoms with van der Waals surface area (Å²) in [5.41, 5.74) is 2.97. The summed E-state index contributed by atoms with van der Waals surface area (Å²) in [4.78, 5) is 6.87. The molecule has 0 N–H and O–H groups in total. The van der Waals surface area contributed by atoms with Gasteiger partial charge in [-0.1, -0.05) is 39.8 Å². The zero-order valence-corrected chi connectivity index (χ0v) is 20.8. The Balaban J connectivity index is 0.00000231. The molecule has 3 heterocycles. The molecule has 2 aromatic heterocycles. The maximum atomic E-state index is 4.44. The molecular weight excluding hydrogens is 494 g/mol. The van der Waals surface area contributed by atoms with E-state index in [1.807, 2.05) is 30.1 Å². The van der Waals surface area contributed by atoms with E-state index < -0.39 is 0 Å². The molecule has 1 aliphatic carbocycles. The van der Waals surface area contributed by atoms with Crippen molar-refractivity contribution < 1.29 is 0 Å². The second kappa shape index (κ2) is 9.61. The van der Waals surface area contributed by atoms with Crippen LogP contribution in [0, 0.1) is 5.92 Å². The second-order valence-corrected chi connectivity index (χ2v) is 10.3. The molecule has 5 rings (SSSR count). The Hall–Kier alpha value is -1.41. The van der Waals surface area contributed by atoms with Gasteiger partial charge in [-0.05, 0) is 62.1 Å². The highest BCUT2D eigenvalue weighted by molar-refractivity contribution is 9.10. The number of hydrogen-bond acceptors (Lipinski definition) is 5. The first-order chi connectivity index (χ1) is 14.7. The lowest BCUT2D eigenvalue weighted by Crippen LogP contribution is -2.27. The van der Waals surface area contributed by atoms with Gasteiger partial charge >= 0.3 is 0 Å². The number of aromatic nitrogens is 4. The number of nitrogens with zero attached hydrogens (tertiary/aromatic N) is 5. The molecule has 2 atom stereocenters. The fourth-order valence-electron chi connectivity index (χ4n) is 4.83. The van der Waals surface area contributed by atoms with Crippen molar-refractivity contribution in [2.75, 3.05) is 25.4 Å². The minimum absolute atomic E-state index is 0. The summed E-state index contributed by atoms with van der Waals surface area (Å²) >= 11 is 5.37. The van der Waals surface area contributed by atoms with Crippen LogP contribution in [-0.4, -0.2) is 50.0 Å². The van der Waals surface area contributed by atoms with E-state index in [-0.39, 0.29) is 12.4 Å². The van der Waals surface area contributed by atoms with Crippen LogP contribution in [0.25, 0.3) is 11.4 Å². The van der Waals surface area contributed by atoms with Gasteiger partial charge in [0.05, 0.1) is 0 Å². The molecule has 0 radical (unpaired) electrons. The first-order valence-corrected chi connectivity index (χ1v) is 12.4. The highest BCUT2D eigenvalue weighted by Crippen LogP contribution is 2.59. The van der Waals surface area contributed by atoms with Gasteiger partial charge in [0.25, 0.3) is 0 Å². The Morgan fingerprint density at radius 3 is 2.77 bits per heavy atom. The van der Waals surface area contributed by atoms with Gasteiger partial charge in [0.1, 0.15) is 0 Å². The molecule has 31 heavy (non-hydrogen) atoms. The van der Waals surface area contributed by atoms with Crippen LogP contribution in [0.15, 0.2) is 58.4 Å². The fourth-order valence-corrected chi connectivity index (χ4v) is 6.02. The van der Waals surface area contributed by atoms with Crippen molar-refractivity contribution in [1.29, 1.82) is 0 Å². The Bertz CT molecular complexity index is 1010. The Labute approximate surface area is 202 Å². The van der Waals surface area contributed by atoms with E-state index in [1.54, 1.807) is 6.20 Å². The van der Waals surface area contributed by atoms with Crippen LogP contribution in [0.2, 0.25) is 0 Å². The third kappa shape index (κ3) is 4.56. The van der Waals surface area contributed by atoms with Crippen molar-refractivity contribution in [3.8, 4) is 11.4 Å². The molecule has 0 unspecified atom stereocenters. The maximum Gasteiger partial charge on any atom is 0.191 e. The van der Waals surface area contributed by atoms with E-state index in [0.717, 1.165) is 41.3 Å². The molecule has 0 bridgehead atoms. The summed E-state index contributed by atoms with van der Waals surface area (Å²) in [6.45, 7) is 6.63. The molecule has 3 aromatic rings. The molecule has 1 aliphatic heterocycles. The van der Waals surface area contributed by atoms with E-state index in [1.165, 1.54) is 36.0 Å². The second-order valence-electron chi connectivity index (χ2n) is 8.29. The molecule has 2 fully saturated rings. The van der Waals surface area contributed by atoms with Crippen molar-refractivity contribution in [1.82, 2.24) is 24.6 Å². The topological polar surface area (TPSA) is 46.8 Å². The predicted octanol–water partition coefficient (Wildman–Crippen LogP) is 5.30. The van der Waals surface area contributed by atoms with Gasteiger partial charge in [-0.15, -0.1) is 22.6 Å². The first kappa shape index (κ1) is 22.8. The van der Waals surface area contributed by atoms with Crippen LogP contribution < -0.4 is 0 Å². The molecular formula is C23H27BrClN5S. The summed E-state index contributed by atoms with van der Waals surface area (Å²) in [7, 11) is 0. The lowest BCUT2D eigenvalue weighted by Gasteiger charge is -2.21. The Morgan fingerprint density at radius 1 is 1.19 bits per heavy atom. The predicted molar refractivity (Wildman–Crippen MR) is 132 cm³/mol. The smallest absolute Gasteiger partial charge is 0.191 e. The minimum Gasteiger partial charge on any atom is -0.302 e. The van der Waals surface area contributed by atoms with Crippen LogP contribution in [0.1, 0.15) is 25.3 Å². The maximum absolute atomic E-state index is 4.44. The van der Waals surface area contributed by atoms with Crippen molar-refractivity contribution in [3.05, 3.63) is 58.8 Å². The fraction of sp³-hybridized carbons (Fsp3) is 0.435. The average molecular weight is 521 g/mol. The van der Waals surface area contributed by atoms with Gasteiger partial charge < -0.3 is 9.47 Å². The molecule has 0 spiro atoms. The van der Waals surface area contributed by atoms with Crippen molar-refractivity contribution in [2.24, 2.45) is 5.92 Å². The number of halogens is 2. The standard InChI is InChI=1S/C23H26BrN5S.ClH/c1-2-29-21(17-5-3-10-25-14-17)26-27-22(29)30-12-4-11-28-15-19-13-23(19,16-28)18-6-8-20(24)9-7-18;/h3,5-10,14,19H,2,4,11-13,15-16H2,1H3;1H/t19-,23+;/m1./s1. The zero-order valence-electron chi connectivity index (χ0n) is 17.6. The van der Waals surface area contributed by atoms with Crippen LogP contribution in [-0.2, 0) is 12.0 Å². The average Bonchev–Trinajstić information content (AvgIpc) is 3.14. The SMILES string of the molecule is CCn1c(SCCCN2C[C@H]3C[C@@]3(c3ccc(Br)cc3)C2)nnc1-c1cccnc1.Cl. The third-order valence-electron chi connectivity index (χ3n) is 6.44. The number of rotatable bonds is 8. The van der Waals surface area contributed by atoms with Crippen LogP contribution >= 0.6 is 40.1 Å². The number of thioether (sulfide) groups is 1. The molecule has 1 saturated carbocycles. The number of fused-ring (bicyclic) bond motifs is 1. The lowest BCUT2D eigenvalue weighted by atomic mass is 9.95. The summed E-state index contributed by atoms with van der Waals surface area (Å²) in [6.07, 6.45) is 6.17. The lowest BCUT2D eigenvalue weighted by molar-refractivity contribution is 0.299. The van der Waals surface area contributed by atoms with Crippen molar-refractivity contribution in [3.63, 3.8) is 0 Å². The molecule has 1 saturated heterocycles. The molecule has 0 amide bonds. The molecule has 8 heteroatoms. The summed E-state index contributed by atoms with van der Waals surface area (Å²) in [5.74, 6) is 2.82. The van der Waals surface area contributed by atoms with Gasteiger partial charge in [-0.3, -0.25) is 4.98 Å². The van der Waals surface area contributed by atoms with Crippen LogP contribution in [0.3, 0.4) is 0 Å². The third-order valence-corrected chi connectivity index (χ3v) is 8.02. The van der Waals surface area contributed by atoms with E-state index in [2.05, 4.69) is 71.8 Å². The summed E-state index contributed by atoms with van der Waals surface area (Å²) < 4.78 is 3.35. The van der Waals surface area contributed by atoms with Gasteiger partial charge in [-0.25, -0.2) is 0 Å². The van der Waals surface area contributed by atoms with Crippen LogP contribution in [0.5, 0.6) is 0 Å². The van der Waals surface area contributed by atoms with Crippen molar-refractivity contribution >= 4 is 40.1 Å². The molecule has 164 valence electrons. The molecule has 2 aliphatic rings. The molecule has 1 aromatic carbocycles. The Morgan fingerprint density at radius 2 is 2.03 bits per heavy atom. The summed E-state index contributed by atoms with van der Waals surface area (Å²) in [6, 6.07) is 13.0. The zero-order chi connectivity index (χ0) is 20.6. The van der Waals surface area contributed by atoms with Gasteiger partial charge in [0.15, 0.2) is 11.0 Å². The number of piperidine rings is 1. The highest BCUT2D eigenvalue weighted by Gasteiger charge is 2.60. The van der Waals surface area contributed by atoms with E-state index >= 15 is 0 Å². The Kier molecular flexibility index (Phi) is 7.06. The number of benzene rings is 1. The monoisotopic (exact) mass is 519 g/mol. The van der Waals surface area contributed by atoms with Gasteiger partial charge in [0, 0.05) is 53.2 Å². The summed E-state index contributed by atoms with van der Waals surface area (Å²) in [5, 5.41) is 9.86. The number of likely N-dealkylation sites (tertiary alicyclic amines) is 1. The van der Waals surface area contributed by atoms with Gasteiger partial charge in [0.2, 0.25) is 0 Å². The number of pyridine rings is 1. The normalized spacial score (nSPS) is 22.2. The van der Waals surface area contributed by atoms with E-state index in [4.69, 9.17) is 0 Å². The van der Waals surface area contributed by atoms with Gasteiger partial charge in [-0.2, -0.15) is 0 Å². The number of hydrogen-bond donors (Lipinski definition) is 0. The van der Waals surface area contributed by atoms with Crippen molar-refractivity contribution in [2.45, 2.75) is 36.9 Å². The highest BCUT2D eigenvalue weighted by atomic mass is 79.9. The largest absolute Gasteiger partial charge is 0.302 e. The van der Waals surface area contributed by atoms with Crippen LogP contribution in [0.4, 0.5) is 0 Å². The van der Waals surface area contributed by atoms with E-state index in [0.29, 0.717) is 5.41 Å². The van der Waals surface area contributed by atoms with E-state index in [9.17, 15) is 0 Å².